The van der Waals surface area contributed by atoms with Crippen molar-refractivity contribution < 1.29 is 0 Å². The van der Waals surface area contributed by atoms with E-state index in [1.54, 1.807) is 0 Å². The van der Waals surface area contributed by atoms with Crippen molar-refractivity contribution in [2.24, 2.45) is 0 Å². The zero-order valence-corrected chi connectivity index (χ0v) is 16.9. The second-order valence-electron chi connectivity index (χ2n) is 7.56. The lowest BCUT2D eigenvalue weighted by molar-refractivity contribution is 0.299. The standard InChI is InChI=1S/C18H36N2S2/c1-14(2)19(17-10-6-7-11-17)21-16(5)22-20(15(3)4)18-12-8-9-13-18/h14-18H,6-13H2,1-5H3. The van der Waals surface area contributed by atoms with Gasteiger partial charge in [-0.05, 0) is 60.3 Å². The zero-order chi connectivity index (χ0) is 16.1. The lowest BCUT2D eigenvalue weighted by Crippen LogP contribution is -2.37. The van der Waals surface area contributed by atoms with Gasteiger partial charge in [-0.2, -0.15) is 0 Å². The Bertz CT molecular complexity index is 280. The number of rotatable bonds is 8. The molecule has 0 aromatic carbocycles. The van der Waals surface area contributed by atoms with Crippen LogP contribution < -0.4 is 0 Å². The highest BCUT2D eigenvalue weighted by Crippen LogP contribution is 2.39. The lowest BCUT2D eigenvalue weighted by Gasteiger charge is -2.37. The van der Waals surface area contributed by atoms with Crippen molar-refractivity contribution in [3.63, 3.8) is 0 Å². The molecule has 0 heterocycles. The molecule has 130 valence electrons. The van der Waals surface area contributed by atoms with Crippen molar-refractivity contribution in [1.82, 2.24) is 8.61 Å². The fourth-order valence-electron chi connectivity index (χ4n) is 3.94. The highest BCUT2D eigenvalue weighted by atomic mass is 32.2. The molecule has 0 aliphatic heterocycles. The van der Waals surface area contributed by atoms with Crippen molar-refractivity contribution in [1.29, 1.82) is 0 Å². The molecule has 0 aromatic heterocycles. The summed E-state index contributed by atoms with van der Waals surface area (Å²) in [6.07, 6.45) is 11.3. The summed E-state index contributed by atoms with van der Waals surface area (Å²) in [6, 6.07) is 2.92. The third-order valence-electron chi connectivity index (χ3n) is 4.93. The first-order valence-corrected chi connectivity index (χ1v) is 11.1. The molecule has 2 aliphatic rings. The summed E-state index contributed by atoms with van der Waals surface area (Å²) in [5, 5.41) is 0. The summed E-state index contributed by atoms with van der Waals surface area (Å²) in [5.74, 6) is 0. The van der Waals surface area contributed by atoms with Crippen LogP contribution in [-0.4, -0.2) is 37.4 Å². The minimum atomic E-state index is 0.617. The molecule has 0 unspecified atom stereocenters. The van der Waals surface area contributed by atoms with Gasteiger partial charge >= 0.3 is 0 Å². The monoisotopic (exact) mass is 344 g/mol. The average molecular weight is 345 g/mol. The Hall–Kier alpha value is 0.620. The Labute approximate surface area is 147 Å². The smallest absolute Gasteiger partial charge is 0.0768 e. The van der Waals surface area contributed by atoms with Gasteiger partial charge in [-0.25, -0.2) is 8.61 Å². The van der Waals surface area contributed by atoms with Crippen LogP contribution in [-0.2, 0) is 0 Å². The van der Waals surface area contributed by atoms with Gasteiger partial charge in [-0.1, -0.05) is 49.6 Å². The molecule has 0 spiro atoms. The maximum absolute atomic E-state index is 2.71. The fourth-order valence-corrected chi connectivity index (χ4v) is 6.63. The second-order valence-corrected chi connectivity index (χ2v) is 10.5. The molecule has 22 heavy (non-hydrogen) atoms. The fraction of sp³-hybridized carbons (Fsp3) is 1.00. The first-order chi connectivity index (χ1) is 10.5. The Kier molecular flexibility index (Phi) is 7.92. The van der Waals surface area contributed by atoms with Crippen LogP contribution in [0, 0.1) is 0 Å². The van der Waals surface area contributed by atoms with Crippen LogP contribution in [0.4, 0.5) is 0 Å². The molecule has 0 amide bonds. The first kappa shape index (κ1) is 19.0. The van der Waals surface area contributed by atoms with Crippen molar-refractivity contribution in [3.8, 4) is 0 Å². The second kappa shape index (κ2) is 9.19. The Morgan fingerprint density at radius 3 is 1.23 bits per heavy atom. The molecule has 0 bridgehead atoms. The number of nitrogens with zero attached hydrogens (tertiary/aromatic N) is 2. The molecule has 2 saturated carbocycles. The molecular formula is C18H36N2S2. The molecule has 2 rings (SSSR count). The van der Waals surface area contributed by atoms with E-state index in [-0.39, 0.29) is 0 Å². The average Bonchev–Trinajstić information content (AvgIpc) is 3.14. The third-order valence-corrected chi connectivity index (χ3v) is 7.96. The Morgan fingerprint density at radius 2 is 0.955 bits per heavy atom. The van der Waals surface area contributed by atoms with Crippen LogP contribution in [0.2, 0.25) is 0 Å². The lowest BCUT2D eigenvalue weighted by atomic mass is 10.2. The van der Waals surface area contributed by atoms with E-state index >= 15 is 0 Å². The summed E-state index contributed by atoms with van der Waals surface area (Å²) in [4.78, 5) is 0. The highest BCUT2D eigenvalue weighted by Gasteiger charge is 2.30. The molecular weight excluding hydrogens is 308 g/mol. The molecule has 4 heteroatoms. The van der Waals surface area contributed by atoms with Crippen molar-refractivity contribution in [2.45, 2.75) is 115 Å². The van der Waals surface area contributed by atoms with E-state index in [2.05, 4.69) is 67.1 Å². The Balaban J connectivity index is 1.89. The van der Waals surface area contributed by atoms with E-state index in [4.69, 9.17) is 0 Å². The number of hydrogen-bond donors (Lipinski definition) is 0. The van der Waals surface area contributed by atoms with Crippen LogP contribution in [0.3, 0.4) is 0 Å². The van der Waals surface area contributed by atoms with Crippen LogP contribution in [0.15, 0.2) is 0 Å². The molecule has 0 saturated heterocycles. The summed E-state index contributed by atoms with van der Waals surface area (Å²) in [6.45, 7) is 11.9. The quantitative estimate of drug-likeness (QED) is 0.397. The number of hydrogen-bond acceptors (Lipinski definition) is 4. The normalized spacial score (nSPS) is 21.5. The summed E-state index contributed by atoms with van der Waals surface area (Å²) in [7, 11) is 0. The molecule has 0 atom stereocenters. The summed E-state index contributed by atoms with van der Waals surface area (Å²) in [5.41, 5.74) is 0. The van der Waals surface area contributed by atoms with Crippen molar-refractivity contribution in [2.75, 3.05) is 0 Å². The topological polar surface area (TPSA) is 6.48 Å². The van der Waals surface area contributed by atoms with E-state index in [9.17, 15) is 0 Å². The van der Waals surface area contributed by atoms with Gasteiger partial charge in [0.2, 0.25) is 0 Å². The summed E-state index contributed by atoms with van der Waals surface area (Å²) < 4.78 is 6.03. The van der Waals surface area contributed by atoms with E-state index in [1.807, 2.05) is 0 Å². The largest absolute Gasteiger partial charge is 0.244 e. The predicted molar refractivity (Wildman–Crippen MR) is 103 cm³/mol. The van der Waals surface area contributed by atoms with Crippen LogP contribution in [0.1, 0.15) is 86.0 Å². The molecule has 0 N–H and O–H groups in total. The van der Waals surface area contributed by atoms with Gasteiger partial charge in [0.1, 0.15) is 0 Å². The van der Waals surface area contributed by atoms with Crippen LogP contribution in [0.5, 0.6) is 0 Å². The van der Waals surface area contributed by atoms with Crippen molar-refractivity contribution >= 4 is 23.9 Å². The predicted octanol–water partition coefficient (Wildman–Crippen LogP) is 5.93. The summed E-state index contributed by atoms with van der Waals surface area (Å²) >= 11 is 4.22. The molecule has 0 radical (unpaired) electrons. The minimum absolute atomic E-state index is 0.617. The maximum atomic E-state index is 2.71. The van der Waals surface area contributed by atoms with E-state index in [1.165, 1.54) is 51.4 Å². The van der Waals surface area contributed by atoms with E-state index in [0.717, 1.165) is 12.1 Å². The van der Waals surface area contributed by atoms with Gasteiger partial charge in [0.25, 0.3) is 0 Å². The minimum Gasteiger partial charge on any atom is -0.244 e. The van der Waals surface area contributed by atoms with Gasteiger partial charge in [0.15, 0.2) is 0 Å². The van der Waals surface area contributed by atoms with Gasteiger partial charge in [0, 0.05) is 24.2 Å². The van der Waals surface area contributed by atoms with Gasteiger partial charge < -0.3 is 0 Å². The Morgan fingerprint density at radius 1 is 0.636 bits per heavy atom. The van der Waals surface area contributed by atoms with Crippen LogP contribution >= 0.6 is 23.9 Å². The first-order valence-electron chi connectivity index (χ1n) is 9.39. The van der Waals surface area contributed by atoms with E-state index < -0.39 is 0 Å². The van der Waals surface area contributed by atoms with Gasteiger partial charge in [-0.15, -0.1) is 0 Å². The van der Waals surface area contributed by atoms with Gasteiger partial charge in [0.05, 0.1) is 4.58 Å². The van der Waals surface area contributed by atoms with Crippen molar-refractivity contribution in [3.05, 3.63) is 0 Å². The third kappa shape index (κ3) is 5.32. The highest BCUT2D eigenvalue weighted by molar-refractivity contribution is 8.14. The van der Waals surface area contributed by atoms with Crippen LogP contribution in [0.25, 0.3) is 0 Å². The molecule has 2 fully saturated rings. The van der Waals surface area contributed by atoms with Gasteiger partial charge in [-0.3, -0.25) is 0 Å². The molecule has 0 aromatic rings. The molecule has 2 nitrogen and oxygen atoms in total. The molecule has 2 aliphatic carbocycles. The SMILES string of the molecule is CC(SN(C(C)C)C1CCCC1)SN(C(C)C)C1CCCC1. The zero-order valence-electron chi connectivity index (χ0n) is 15.3. The maximum Gasteiger partial charge on any atom is 0.0768 e. The van der Waals surface area contributed by atoms with E-state index in [0.29, 0.717) is 16.7 Å².